The van der Waals surface area contributed by atoms with Crippen molar-refractivity contribution in [3.8, 4) is 5.75 Å². The summed E-state index contributed by atoms with van der Waals surface area (Å²) in [6.07, 6.45) is 4.64. The van der Waals surface area contributed by atoms with E-state index in [-0.39, 0.29) is 12.2 Å². The Kier molecular flexibility index (Phi) is 5.12. The van der Waals surface area contributed by atoms with Crippen molar-refractivity contribution in [1.82, 2.24) is 9.38 Å². The van der Waals surface area contributed by atoms with Gasteiger partial charge >= 0.3 is 5.97 Å². The molecule has 2 aromatic heterocycles. The Bertz CT molecular complexity index is 1020. The van der Waals surface area contributed by atoms with Crippen LogP contribution in [0, 0.1) is 6.92 Å². The van der Waals surface area contributed by atoms with Crippen LogP contribution in [0.2, 0.25) is 0 Å². The predicted molar refractivity (Wildman–Crippen MR) is 98.0 cm³/mol. The molecule has 6 heteroatoms. The van der Waals surface area contributed by atoms with E-state index in [2.05, 4.69) is 4.98 Å². The number of esters is 1. The molecule has 6 nitrogen and oxygen atoms in total. The van der Waals surface area contributed by atoms with Gasteiger partial charge in [-0.05, 0) is 42.3 Å². The Morgan fingerprint density at radius 1 is 1.23 bits per heavy atom. The number of ether oxygens (including phenoxy) is 2. The lowest BCUT2D eigenvalue weighted by atomic mass is 10.2. The summed E-state index contributed by atoms with van der Waals surface area (Å²) in [7, 11) is 1.59. The predicted octanol–water partition coefficient (Wildman–Crippen LogP) is 2.77. The van der Waals surface area contributed by atoms with E-state index in [4.69, 9.17) is 9.47 Å². The second-order valence-corrected chi connectivity index (χ2v) is 5.68. The van der Waals surface area contributed by atoms with Crippen LogP contribution in [0.5, 0.6) is 5.75 Å². The van der Waals surface area contributed by atoms with E-state index in [9.17, 15) is 9.59 Å². The van der Waals surface area contributed by atoms with Gasteiger partial charge in [-0.15, -0.1) is 0 Å². The van der Waals surface area contributed by atoms with E-state index < -0.39 is 5.97 Å². The van der Waals surface area contributed by atoms with Crippen LogP contribution >= 0.6 is 0 Å². The molecule has 1 aromatic carbocycles. The van der Waals surface area contributed by atoms with Crippen LogP contribution in [-0.2, 0) is 16.1 Å². The minimum Gasteiger partial charge on any atom is -0.497 e. The molecule has 0 aliphatic rings. The van der Waals surface area contributed by atoms with Gasteiger partial charge in [0.05, 0.1) is 12.8 Å². The molecule has 0 atom stereocenters. The molecule has 3 aromatic rings. The third-order valence-corrected chi connectivity index (χ3v) is 3.83. The molecule has 0 bridgehead atoms. The Morgan fingerprint density at radius 2 is 2.00 bits per heavy atom. The van der Waals surface area contributed by atoms with Crippen LogP contribution in [0.3, 0.4) is 0 Å². The molecule has 0 spiro atoms. The van der Waals surface area contributed by atoms with Crippen molar-refractivity contribution in [2.24, 2.45) is 0 Å². The van der Waals surface area contributed by atoms with Gasteiger partial charge in [-0.25, -0.2) is 9.78 Å². The van der Waals surface area contributed by atoms with Crippen molar-refractivity contribution in [2.45, 2.75) is 13.5 Å². The molecule has 132 valence electrons. The molecule has 0 radical (unpaired) electrons. The number of benzene rings is 1. The Morgan fingerprint density at radius 3 is 2.73 bits per heavy atom. The lowest BCUT2D eigenvalue weighted by molar-refractivity contribution is -0.139. The maximum absolute atomic E-state index is 12.1. The highest BCUT2D eigenvalue weighted by Gasteiger charge is 2.06. The molecular formula is C20H18N2O4. The second-order valence-electron chi connectivity index (χ2n) is 5.68. The first-order chi connectivity index (χ1) is 12.6. The summed E-state index contributed by atoms with van der Waals surface area (Å²) < 4.78 is 11.7. The number of rotatable bonds is 5. The van der Waals surface area contributed by atoms with Gasteiger partial charge in [-0.2, -0.15) is 0 Å². The number of hydrogen-bond donors (Lipinski definition) is 0. The molecule has 0 fully saturated rings. The lowest BCUT2D eigenvalue weighted by Gasteiger charge is -2.06. The quantitative estimate of drug-likeness (QED) is 0.523. The van der Waals surface area contributed by atoms with Crippen LogP contribution in [0.15, 0.2) is 59.5 Å². The van der Waals surface area contributed by atoms with Gasteiger partial charge in [0.2, 0.25) is 0 Å². The number of pyridine rings is 1. The Balaban J connectivity index is 1.67. The first-order valence-electron chi connectivity index (χ1n) is 8.03. The summed E-state index contributed by atoms with van der Waals surface area (Å²) in [5.74, 6) is 0.237. The first kappa shape index (κ1) is 17.4. The van der Waals surface area contributed by atoms with Crippen molar-refractivity contribution in [3.63, 3.8) is 0 Å². The number of methoxy groups -OCH3 is 1. The van der Waals surface area contributed by atoms with Gasteiger partial charge < -0.3 is 9.47 Å². The second kappa shape index (κ2) is 7.65. The van der Waals surface area contributed by atoms with Crippen LogP contribution in [0.4, 0.5) is 0 Å². The molecule has 2 heterocycles. The largest absolute Gasteiger partial charge is 0.497 e. The molecule has 0 amide bonds. The van der Waals surface area contributed by atoms with Crippen LogP contribution in [-0.4, -0.2) is 22.5 Å². The first-order valence-corrected chi connectivity index (χ1v) is 8.03. The van der Waals surface area contributed by atoms with Gasteiger partial charge in [-0.1, -0.05) is 18.2 Å². The summed E-state index contributed by atoms with van der Waals surface area (Å²) in [5, 5.41) is 0. The van der Waals surface area contributed by atoms with E-state index in [1.54, 1.807) is 37.6 Å². The number of aromatic nitrogens is 2. The highest BCUT2D eigenvalue weighted by atomic mass is 16.5. The van der Waals surface area contributed by atoms with E-state index in [0.29, 0.717) is 11.3 Å². The number of fused-ring (bicyclic) bond motifs is 1. The molecule has 0 aliphatic heterocycles. The van der Waals surface area contributed by atoms with Crippen molar-refractivity contribution >= 4 is 17.7 Å². The zero-order chi connectivity index (χ0) is 18.5. The van der Waals surface area contributed by atoms with E-state index in [1.807, 2.05) is 25.1 Å². The molecular weight excluding hydrogens is 332 g/mol. The van der Waals surface area contributed by atoms with Crippen LogP contribution in [0.1, 0.15) is 16.8 Å². The van der Waals surface area contributed by atoms with E-state index in [0.717, 1.165) is 16.9 Å². The van der Waals surface area contributed by atoms with Crippen LogP contribution < -0.4 is 10.3 Å². The molecule has 0 saturated heterocycles. The summed E-state index contributed by atoms with van der Waals surface area (Å²) >= 11 is 0. The van der Waals surface area contributed by atoms with Gasteiger partial charge in [0.15, 0.2) is 0 Å². The third-order valence-electron chi connectivity index (χ3n) is 3.83. The smallest absolute Gasteiger partial charge is 0.331 e. The van der Waals surface area contributed by atoms with Crippen molar-refractivity contribution in [2.75, 3.05) is 7.11 Å². The normalized spacial score (nSPS) is 11.0. The Labute approximate surface area is 150 Å². The Hall–Kier alpha value is -3.41. The fraction of sp³-hybridized carbons (Fsp3) is 0.150. The van der Waals surface area contributed by atoms with Gasteiger partial charge in [-0.3, -0.25) is 9.20 Å². The lowest BCUT2D eigenvalue weighted by Crippen LogP contribution is -2.17. The molecule has 0 aliphatic carbocycles. The van der Waals surface area contributed by atoms with Crippen molar-refractivity contribution in [1.29, 1.82) is 0 Å². The molecule has 3 rings (SSSR count). The van der Waals surface area contributed by atoms with Gasteiger partial charge in [0, 0.05) is 18.3 Å². The SMILES string of the molecule is COc1ccc(/C=C/C(=O)OCc2cc(=O)n3cccc(C)c3n2)cc1. The number of carbonyl (C=O) groups is 1. The summed E-state index contributed by atoms with van der Waals surface area (Å²) in [6, 6.07) is 12.3. The minimum atomic E-state index is -0.507. The van der Waals surface area contributed by atoms with Crippen LogP contribution in [0.25, 0.3) is 11.7 Å². The minimum absolute atomic E-state index is 0.0636. The van der Waals surface area contributed by atoms with Gasteiger partial charge in [0.1, 0.15) is 18.0 Å². The number of carbonyl (C=O) groups excluding carboxylic acids is 1. The van der Waals surface area contributed by atoms with Gasteiger partial charge in [0.25, 0.3) is 5.56 Å². The number of nitrogens with zero attached hydrogens (tertiary/aromatic N) is 2. The standard InChI is InChI=1S/C20H18N2O4/c1-14-4-3-11-22-18(23)12-16(21-20(14)22)13-26-19(24)10-7-15-5-8-17(25-2)9-6-15/h3-12H,13H2,1-2H3/b10-7+. The molecule has 0 unspecified atom stereocenters. The zero-order valence-corrected chi connectivity index (χ0v) is 14.5. The number of hydrogen-bond acceptors (Lipinski definition) is 5. The summed E-state index contributed by atoms with van der Waals surface area (Å²) in [6.45, 7) is 1.81. The maximum atomic E-state index is 12.1. The monoisotopic (exact) mass is 350 g/mol. The average molecular weight is 350 g/mol. The third kappa shape index (κ3) is 3.97. The highest BCUT2D eigenvalue weighted by molar-refractivity contribution is 5.87. The number of aryl methyl sites for hydroxylation is 1. The topological polar surface area (TPSA) is 69.9 Å². The average Bonchev–Trinajstić information content (AvgIpc) is 2.66. The maximum Gasteiger partial charge on any atom is 0.331 e. The molecule has 0 N–H and O–H groups in total. The summed E-state index contributed by atoms with van der Waals surface area (Å²) in [4.78, 5) is 28.4. The fourth-order valence-electron chi connectivity index (χ4n) is 2.46. The van der Waals surface area contributed by atoms with Crippen molar-refractivity contribution in [3.05, 3.63) is 81.9 Å². The van der Waals surface area contributed by atoms with E-state index in [1.165, 1.54) is 16.5 Å². The fourth-order valence-corrected chi connectivity index (χ4v) is 2.46. The zero-order valence-electron chi connectivity index (χ0n) is 14.5. The van der Waals surface area contributed by atoms with E-state index >= 15 is 0 Å². The molecule has 26 heavy (non-hydrogen) atoms. The molecule has 0 saturated carbocycles. The van der Waals surface area contributed by atoms with Crippen molar-refractivity contribution < 1.29 is 14.3 Å². The highest BCUT2D eigenvalue weighted by Crippen LogP contribution is 2.12. The summed E-state index contributed by atoms with van der Waals surface area (Å²) in [5.41, 5.74) is 2.48.